The summed E-state index contributed by atoms with van der Waals surface area (Å²) < 4.78 is 5.88. The number of benzene rings is 1. The molecule has 5 nitrogen and oxygen atoms in total. The van der Waals surface area contributed by atoms with E-state index in [4.69, 9.17) is 9.84 Å². The van der Waals surface area contributed by atoms with Gasteiger partial charge in [-0.1, -0.05) is 12.1 Å². The molecule has 102 valence electrons. The molecule has 1 unspecified atom stereocenters. The van der Waals surface area contributed by atoms with E-state index < -0.39 is 5.97 Å². The van der Waals surface area contributed by atoms with E-state index in [1.807, 2.05) is 24.3 Å². The average molecular weight is 288 g/mol. The molecule has 1 aliphatic rings. The highest BCUT2D eigenvalue weighted by molar-refractivity contribution is 7.99. The van der Waals surface area contributed by atoms with E-state index in [0.717, 1.165) is 10.6 Å². The van der Waals surface area contributed by atoms with Gasteiger partial charge in [0.2, 0.25) is 0 Å². The van der Waals surface area contributed by atoms with Crippen LogP contribution in [0.1, 0.15) is 28.0 Å². The summed E-state index contributed by atoms with van der Waals surface area (Å²) in [5, 5.41) is 8.98. The Morgan fingerprint density at radius 2 is 2.25 bits per heavy atom. The van der Waals surface area contributed by atoms with Gasteiger partial charge in [-0.3, -0.25) is 0 Å². The molecule has 1 aromatic carbocycles. The third kappa shape index (κ3) is 2.34. The SMILES string of the molecule is Cc1nc(C2CSc3ccccc3O2)ncc1C(=O)O. The van der Waals surface area contributed by atoms with Crippen molar-refractivity contribution in [2.45, 2.75) is 17.9 Å². The van der Waals surface area contributed by atoms with Gasteiger partial charge in [-0.05, 0) is 19.1 Å². The summed E-state index contributed by atoms with van der Waals surface area (Å²) in [6.07, 6.45) is 1.09. The molecule has 0 bridgehead atoms. The Bertz CT molecular complexity index is 675. The molecule has 0 aliphatic carbocycles. The van der Waals surface area contributed by atoms with Crippen molar-refractivity contribution in [2.75, 3.05) is 5.75 Å². The molecule has 2 heterocycles. The van der Waals surface area contributed by atoms with Crippen molar-refractivity contribution in [2.24, 2.45) is 0 Å². The van der Waals surface area contributed by atoms with E-state index in [0.29, 0.717) is 17.3 Å². The van der Waals surface area contributed by atoms with Crippen LogP contribution >= 0.6 is 11.8 Å². The van der Waals surface area contributed by atoms with Crippen molar-refractivity contribution in [3.63, 3.8) is 0 Å². The fourth-order valence-electron chi connectivity index (χ4n) is 2.00. The van der Waals surface area contributed by atoms with Crippen LogP contribution in [0.15, 0.2) is 35.4 Å². The quantitative estimate of drug-likeness (QED) is 0.916. The van der Waals surface area contributed by atoms with Gasteiger partial charge in [0.1, 0.15) is 5.75 Å². The number of ether oxygens (including phenoxy) is 1. The molecule has 0 amide bonds. The second-order valence-electron chi connectivity index (χ2n) is 4.40. The van der Waals surface area contributed by atoms with Gasteiger partial charge in [0.25, 0.3) is 0 Å². The fourth-order valence-corrected chi connectivity index (χ4v) is 2.98. The van der Waals surface area contributed by atoms with E-state index in [-0.39, 0.29) is 11.7 Å². The Morgan fingerprint density at radius 3 is 3.00 bits per heavy atom. The topological polar surface area (TPSA) is 72.3 Å². The predicted octanol–water partition coefficient (Wildman–Crippen LogP) is 2.71. The van der Waals surface area contributed by atoms with Crippen LogP contribution in [-0.4, -0.2) is 26.8 Å². The van der Waals surface area contributed by atoms with Gasteiger partial charge in [0, 0.05) is 16.8 Å². The van der Waals surface area contributed by atoms with E-state index in [1.165, 1.54) is 6.20 Å². The summed E-state index contributed by atoms with van der Waals surface area (Å²) in [6, 6.07) is 7.81. The van der Waals surface area contributed by atoms with Gasteiger partial charge >= 0.3 is 5.97 Å². The second-order valence-corrected chi connectivity index (χ2v) is 5.46. The zero-order valence-electron chi connectivity index (χ0n) is 10.7. The number of nitrogens with zero attached hydrogens (tertiary/aromatic N) is 2. The molecule has 0 fully saturated rings. The number of aromatic carboxylic acids is 1. The number of hydrogen-bond acceptors (Lipinski definition) is 5. The number of thioether (sulfide) groups is 1. The number of rotatable bonds is 2. The average Bonchev–Trinajstić information content (AvgIpc) is 2.46. The van der Waals surface area contributed by atoms with E-state index in [2.05, 4.69) is 9.97 Å². The third-order valence-electron chi connectivity index (χ3n) is 3.02. The van der Waals surface area contributed by atoms with Gasteiger partial charge in [0.05, 0.1) is 11.3 Å². The maximum absolute atomic E-state index is 11.0. The number of carboxylic acids is 1. The standard InChI is InChI=1S/C14H12N2O3S/c1-8-9(14(17)18)6-15-13(16-8)11-7-20-12-5-3-2-4-10(12)19-11/h2-6,11H,7H2,1H3,(H,17,18). The van der Waals surface area contributed by atoms with Crippen LogP contribution in [0, 0.1) is 6.92 Å². The molecule has 2 aromatic rings. The first-order valence-corrected chi connectivity index (χ1v) is 7.09. The Kier molecular flexibility index (Phi) is 3.31. The molecule has 0 saturated heterocycles. The normalized spacial score (nSPS) is 17.1. The van der Waals surface area contributed by atoms with Crippen LogP contribution in [0.2, 0.25) is 0 Å². The maximum atomic E-state index is 11.0. The van der Waals surface area contributed by atoms with Gasteiger partial charge in [-0.15, -0.1) is 11.8 Å². The van der Waals surface area contributed by atoms with Crippen LogP contribution in [-0.2, 0) is 0 Å². The highest BCUT2D eigenvalue weighted by atomic mass is 32.2. The zero-order valence-corrected chi connectivity index (χ0v) is 11.6. The highest BCUT2D eigenvalue weighted by Crippen LogP contribution is 2.39. The molecule has 0 spiro atoms. The molecule has 1 aromatic heterocycles. The van der Waals surface area contributed by atoms with Crippen molar-refractivity contribution in [3.8, 4) is 5.75 Å². The molecule has 0 radical (unpaired) electrons. The second kappa shape index (κ2) is 5.13. The Hall–Kier alpha value is -2.08. The van der Waals surface area contributed by atoms with Crippen LogP contribution in [0.3, 0.4) is 0 Å². The smallest absolute Gasteiger partial charge is 0.339 e. The largest absolute Gasteiger partial charge is 0.480 e. The Labute approximate surface area is 120 Å². The first-order valence-electron chi connectivity index (χ1n) is 6.10. The van der Waals surface area contributed by atoms with E-state index in [9.17, 15) is 4.79 Å². The van der Waals surface area contributed by atoms with Gasteiger partial charge in [0.15, 0.2) is 11.9 Å². The number of hydrogen-bond donors (Lipinski definition) is 1. The summed E-state index contributed by atoms with van der Waals surface area (Å²) in [5.74, 6) is 1.04. The molecule has 6 heteroatoms. The number of carbonyl (C=O) groups is 1. The molecular weight excluding hydrogens is 276 g/mol. The molecule has 3 rings (SSSR count). The minimum atomic E-state index is -1.02. The van der Waals surface area contributed by atoms with Crippen LogP contribution in [0.5, 0.6) is 5.75 Å². The Balaban J connectivity index is 1.88. The summed E-state index contributed by atoms with van der Waals surface area (Å²) in [6.45, 7) is 1.67. The predicted molar refractivity (Wildman–Crippen MR) is 74.3 cm³/mol. The monoisotopic (exact) mass is 288 g/mol. The number of para-hydroxylation sites is 1. The third-order valence-corrected chi connectivity index (χ3v) is 4.14. The van der Waals surface area contributed by atoms with Crippen LogP contribution in [0.4, 0.5) is 0 Å². The minimum absolute atomic E-state index is 0.123. The van der Waals surface area contributed by atoms with Crippen molar-refractivity contribution < 1.29 is 14.6 Å². The number of carboxylic acid groups (broad SMARTS) is 1. The lowest BCUT2D eigenvalue weighted by molar-refractivity contribution is 0.0694. The first-order chi connectivity index (χ1) is 9.65. The molecule has 20 heavy (non-hydrogen) atoms. The van der Waals surface area contributed by atoms with Crippen LogP contribution in [0.25, 0.3) is 0 Å². The highest BCUT2D eigenvalue weighted by Gasteiger charge is 2.24. The number of aryl methyl sites for hydroxylation is 1. The van der Waals surface area contributed by atoms with Gasteiger partial charge in [-0.2, -0.15) is 0 Å². The van der Waals surface area contributed by atoms with Gasteiger partial charge in [-0.25, -0.2) is 14.8 Å². The molecule has 1 atom stereocenters. The van der Waals surface area contributed by atoms with Crippen molar-refractivity contribution in [1.82, 2.24) is 9.97 Å². The number of fused-ring (bicyclic) bond motifs is 1. The van der Waals surface area contributed by atoms with Gasteiger partial charge < -0.3 is 9.84 Å². The molecule has 0 saturated carbocycles. The minimum Gasteiger partial charge on any atom is -0.480 e. The van der Waals surface area contributed by atoms with E-state index >= 15 is 0 Å². The summed E-state index contributed by atoms with van der Waals surface area (Å²) in [4.78, 5) is 20.4. The zero-order chi connectivity index (χ0) is 14.1. The lowest BCUT2D eigenvalue weighted by Crippen LogP contribution is -2.19. The fraction of sp³-hybridized carbons (Fsp3) is 0.214. The van der Waals surface area contributed by atoms with Crippen molar-refractivity contribution >= 4 is 17.7 Å². The first kappa shape index (κ1) is 12.9. The Morgan fingerprint density at radius 1 is 1.45 bits per heavy atom. The van der Waals surface area contributed by atoms with Crippen molar-refractivity contribution in [1.29, 1.82) is 0 Å². The van der Waals surface area contributed by atoms with Crippen LogP contribution < -0.4 is 4.74 Å². The lowest BCUT2D eigenvalue weighted by atomic mass is 10.2. The summed E-state index contributed by atoms with van der Waals surface area (Å²) >= 11 is 1.69. The number of aromatic nitrogens is 2. The van der Waals surface area contributed by atoms with Crippen molar-refractivity contribution in [3.05, 3.63) is 47.5 Å². The molecule has 1 aliphatic heterocycles. The molecular formula is C14H12N2O3S. The summed E-state index contributed by atoms with van der Waals surface area (Å²) in [5.41, 5.74) is 0.576. The maximum Gasteiger partial charge on any atom is 0.339 e. The summed E-state index contributed by atoms with van der Waals surface area (Å²) in [7, 11) is 0. The van der Waals surface area contributed by atoms with E-state index in [1.54, 1.807) is 18.7 Å². The lowest BCUT2D eigenvalue weighted by Gasteiger charge is -2.24. The molecule has 1 N–H and O–H groups in total.